The van der Waals surface area contributed by atoms with Crippen LogP contribution in [0.3, 0.4) is 0 Å². The lowest BCUT2D eigenvalue weighted by Crippen LogP contribution is -2.30. The van der Waals surface area contributed by atoms with Crippen molar-refractivity contribution in [2.24, 2.45) is 4.99 Å². The number of benzene rings is 1. The van der Waals surface area contributed by atoms with Gasteiger partial charge in [0.05, 0.1) is 12.8 Å². The monoisotopic (exact) mass is 470 g/mol. The molecule has 32 heavy (non-hydrogen) atoms. The Bertz CT molecular complexity index is 1150. The number of anilines is 1. The second-order valence-corrected chi connectivity index (χ2v) is 8.44. The molecule has 1 heterocycles. The Kier molecular flexibility index (Phi) is 7.62. The molecule has 0 saturated carbocycles. The van der Waals surface area contributed by atoms with Crippen molar-refractivity contribution in [1.82, 2.24) is 9.71 Å². The first-order valence-electron chi connectivity index (χ1n) is 9.05. The fourth-order valence-corrected chi connectivity index (χ4v) is 2.99. The zero-order valence-electron chi connectivity index (χ0n) is 17.5. The zero-order valence-corrected chi connectivity index (χ0v) is 18.3. The quantitative estimate of drug-likeness (QED) is 0.466. The van der Waals surface area contributed by atoms with Gasteiger partial charge in [0, 0.05) is 5.70 Å². The van der Waals surface area contributed by atoms with E-state index >= 15 is 0 Å². The molecule has 1 amide bonds. The summed E-state index contributed by atoms with van der Waals surface area (Å²) in [5, 5.41) is 0. The van der Waals surface area contributed by atoms with Gasteiger partial charge < -0.3 is 4.42 Å². The van der Waals surface area contributed by atoms with Crippen LogP contribution < -0.4 is 9.62 Å². The molecule has 0 saturated heterocycles. The summed E-state index contributed by atoms with van der Waals surface area (Å²) in [7, 11) is -3.84. The van der Waals surface area contributed by atoms with E-state index < -0.39 is 27.8 Å². The number of oxazole rings is 1. The van der Waals surface area contributed by atoms with Gasteiger partial charge in [0.2, 0.25) is 10.0 Å². The third-order valence-electron chi connectivity index (χ3n) is 4.06. The van der Waals surface area contributed by atoms with Crippen molar-refractivity contribution in [2.75, 3.05) is 11.2 Å². The summed E-state index contributed by atoms with van der Waals surface area (Å²) < 4.78 is 68.9. The number of amides is 1. The van der Waals surface area contributed by atoms with E-state index in [0.29, 0.717) is 0 Å². The number of allylic oxidation sites excluding steroid dienone is 4. The second-order valence-electron chi connectivity index (χ2n) is 6.69. The summed E-state index contributed by atoms with van der Waals surface area (Å²) in [6.45, 7) is 6.01. The van der Waals surface area contributed by atoms with Crippen LogP contribution in [0.2, 0.25) is 0 Å². The predicted molar refractivity (Wildman–Crippen MR) is 114 cm³/mol. The van der Waals surface area contributed by atoms with Crippen LogP contribution in [-0.2, 0) is 16.6 Å². The number of rotatable bonds is 8. The van der Waals surface area contributed by atoms with Crippen molar-refractivity contribution in [3.63, 3.8) is 0 Å². The summed E-state index contributed by atoms with van der Waals surface area (Å²) in [6.07, 6.45) is -1.95. The molecular formula is C20H21F3N4O4S. The summed E-state index contributed by atoms with van der Waals surface area (Å²) in [5.41, 5.74) is -0.389. The largest absolute Gasteiger partial charge is 0.433 e. The third-order valence-corrected chi connectivity index (χ3v) is 4.62. The lowest BCUT2D eigenvalue weighted by atomic mass is 10.2. The number of hydrogen-bond donors (Lipinski definition) is 1. The number of carbonyl (C=O) groups is 1. The van der Waals surface area contributed by atoms with Crippen LogP contribution in [0.25, 0.3) is 0 Å². The van der Waals surface area contributed by atoms with Crippen LogP contribution in [0.15, 0.2) is 63.3 Å². The Hall–Kier alpha value is -3.41. The van der Waals surface area contributed by atoms with Gasteiger partial charge in [-0.2, -0.15) is 18.2 Å². The van der Waals surface area contributed by atoms with Crippen LogP contribution in [0.5, 0.6) is 0 Å². The highest BCUT2D eigenvalue weighted by Gasteiger charge is 2.33. The van der Waals surface area contributed by atoms with Crippen molar-refractivity contribution in [3.8, 4) is 0 Å². The minimum absolute atomic E-state index is 0.0336. The van der Waals surface area contributed by atoms with E-state index in [9.17, 15) is 26.4 Å². The summed E-state index contributed by atoms with van der Waals surface area (Å²) in [4.78, 5) is 20.7. The lowest BCUT2D eigenvalue weighted by Gasteiger charge is -2.21. The Morgan fingerprint density at radius 3 is 2.44 bits per heavy atom. The van der Waals surface area contributed by atoms with Crippen molar-refractivity contribution >= 4 is 28.7 Å². The Morgan fingerprint density at radius 1 is 1.28 bits per heavy atom. The highest BCUT2D eigenvalue weighted by molar-refractivity contribution is 7.89. The molecule has 0 spiro atoms. The van der Waals surface area contributed by atoms with Gasteiger partial charge in [0.15, 0.2) is 5.69 Å². The van der Waals surface area contributed by atoms with E-state index in [1.807, 2.05) is 0 Å². The van der Waals surface area contributed by atoms with Gasteiger partial charge in [0.25, 0.3) is 5.91 Å². The summed E-state index contributed by atoms with van der Waals surface area (Å²) >= 11 is 0. The molecule has 2 aromatic rings. The van der Waals surface area contributed by atoms with Crippen LogP contribution in [0.1, 0.15) is 28.7 Å². The predicted octanol–water partition coefficient (Wildman–Crippen LogP) is 3.73. The molecule has 0 aliphatic heterocycles. The SMILES string of the molecule is C=N/C(=C\C=C(/C)N(Cc1ccccc1)c1nc(C(=O)NS(C)(=O)=O)c(C)o1)C(F)(F)F. The molecule has 0 atom stereocenters. The average molecular weight is 470 g/mol. The highest BCUT2D eigenvalue weighted by atomic mass is 32.2. The van der Waals surface area contributed by atoms with Crippen molar-refractivity contribution in [1.29, 1.82) is 0 Å². The molecule has 12 heteroatoms. The van der Waals surface area contributed by atoms with Gasteiger partial charge in [-0.05, 0) is 38.3 Å². The molecule has 0 aliphatic carbocycles. The van der Waals surface area contributed by atoms with Crippen molar-refractivity contribution in [2.45, 2.75) is 26.6 Å². The zero-order chi connectivity index (χ0) is 24.1. The Balaban J connectivity index is 2.50. The number of aliphatic imine (C=N–C) groups is 1. The minimum atomic E-state index is -4.68. The normalized spacial score (nSPS) is 13.1. The number of sulfonamides is 1. The first-order chi connectivity index (χ1) is 14.8. The van der Waals surface area contributed by atoms with Gasteiger partial charge >= 0.3 is 12.2 Å². The molecule has 0 fully saturated rings. The summed E-state index contributed by atoms with van der Waals surface area (Å²) in [6, 6.07) is 8.83. The van der Waals surface area contributed by atoms with Gasteiger partial charge in [0.1, 0.15) is 11.5 Å². The topological polar surface area (TPSA) is 105 Å². The van der Waals surface area contributed by atoms with Gasteiger partial charge in [-0.1, -0.05) is 30.3 Å². The van der Waals surface area contributed by atoms with E-state index in [1.165, 1.54) is 18.7 Å². The minimum Gasteiger partial charge on any atom is -0.428 e. The smallest absolute Gasteiger partial charge is 0.428 e. The van der Waals surface area contributed by atoms with E-state index in [0.717, 1.165) is 24.0 Å². The molecule has 1 aromatic heterocycles. The van der Waals surface area contributed by atoms with Crippen molar-refractivity contribution in [3.05, 3.63) is 70.9 Å². The molecule has 0 bridgehead atoms. The first-order valence-corrected chi connectivity index (χ1v) is 10.9. The number of nitrogens with zero attached hydrogens (tertiary/aromatic N) is 3. The van der Waals surface area contributed by atoms with E-state index in [-0.39, 0.29) is 29.7 Å². The average Bonchev–Trinajstić information content (AvgIpc) is 3.06. The number of halogens is 3. The van der Waals surface area contributed by atoms with E-state index in [1.54, 1.807) is 35.1 Å². The fraction of sp³-hybridized carbons (Fsp3) is 0.250. The second kappa shape index (κ2) is 9.81. The number of nitrogens with one attached hydrogen (secondary N) is 1. The van der Waals surface area contributed by atoms with Crippen LogP contribution in [0.4, 0.5) is 19.2 Å². The highest BCUT2D eigenvalue weighted by Crippen LogP contribution is 2.28. The van der Waals surface area contributed by atoms with Crippen LogP contribution >= 0.6 is 0 Å². The number of carbonyl (C=O) groups excluding carboxylic acids is 1. The molecule has 1 aromatic carbocycles. The molecule has 1 N–H and O–H groups in total. The van der Waals surface area contributed by atoms with Gasteiger partial charge in [-0.25, -0.2) is 13.1 Å². The van der Waals surface area contributed by atoms with Crippen LogP contribution in [0, 0.1) is 6.92 Å². The standard InChI is InChI=1S/C20H21F3N4O4S/c1-13(10-11-16(24-3)20(21,22)23)27(12-15-8-6-5-7-9-15)19-25-17(14(2)31-19)18(28)26-32(4,29)30/h5-11H,3,12H2,1-2,4H3,(H,26,28)/b13-10+,16-11-. The number of aromatic nitrogens is 1. The van der Waals surface area contributed by atoms with Gasteiger partial charge in [-0.3, -0.25) is 14.7 Å². The lowest BCUT2D eigenvalue weighted by molar-refractivity contribution is -0.0922. The molecule has 0 unspecified atom stereocenters. The number of alkyl halides is 3. The van der Waals surface area contributed by atoms with Crippen LogP contribution in [-0.4, -0.2) is 38.5 Å². The maximum atomic E-state index is 13.0. The summed E-state index contributed by atoms with van der Waals surface area (Å²) in [5.74, 6) is -0.956. The molecule has 8 nitrogen and oxygen atoms in total. The molecule has 0 aliphatic rings. The Morgan fingerprint density at radius 2 is 1.91 bits per heavy atom. The maximum absolute atomic E-state index is 13.0. The first kappa shape index (κ1) is 24.9. The van der Waals surface area contributed by atoms with Crippen molar-refractivity contribution < 1.29 is 30.8 Å². The van der Waals surface area contributed by atoms with Gasteiger partial charge in [-0.15, -0.1) is 0 Å². The third kappa shape index (κ3) is 6.80. The van der Waals surface area contributed by atoms with E-state index in [4.69, 9.17) is 4.42 Å². The van der Waals surface area contributed by atoms with E-state index in [2.05, 4.69) is 16.7 Å². The maximum Gasteiger partial charge on any atom is 0.433 e. The fourth-order valence-electron chi connectivity index (χ4n) is 2.56. The molecule has 2 rings (SSSR count). The number of aryl methyl sites for hydroxylation is 1. The molecule has 172 valence electrons. The molecular weight excluding hydrogens is 449 g/mol. The number of hydrogen-bond acceptors (Lipinski definition) is 7. The molecule has 0 radical (unpaired) electrons. The Labute approximate surface area is 183 Å².